The second kappa shape index (κ2) is 6.15. The minimum absolute atomic E-state index is 0.130. The zero-order valence-electron chi connectivity index (χ0n) is 12.0. The summed E-state index contributed by atoms with van der Waals surface area (Å²) in [5, 5.41) is 6.16. The summed E-state index contributed by atoms with van der Waals surface area (Å²) in [5.41, 5.74) is 0.794. The van der Waals surface area contributed by atoms with Crippen LogP contribution in [0.2, 0.25) is 0 Å². The molecule has 0 radical (unpaired) electrons. The summed E-state index contributed by atoms with van der Waals surface area (Å²) in [4.78, 5) is 0.130. The van der Waals surface area contributed by atoms with Crippen molar-refractivity contribution in [3.05, 3.63) is 36.2 Å². The molecule has 0 aliphatic heterocycles. The molecule has 114 valence electrons. The van der Waals surface area contributed by atoms with Crippen LogP contribution < -0.4 is 9.47 Å². The van der Waals surface area contributed by atoms with Crippen molar-refractivity contribution in [1.82, 2.24) is 14.5 Å². The van der Waals surface area contributed by atoms with E-state index >= 15 is 0 Å². The molecule has 7 nitrogen and oxygen atoms in total. The average Bonchev–Trinajstić information content (AvgIpc) is 3.01. The van der Waals surface area contributed by atoms with Gasteiger partial charge in [0.15, 0.2) is 11.5 Å². The Bertz CT molecular complexity index is 698. The third-order valence-corrected chi connectivity index (χ3v) is 4.80. The number of aromatic nitrogens is 2. The molecule has 21 heavy (non-hydrogen) atoms. The van der Waals surface area contributed by atoms with Gasteiger partial charge in [0.25, 0.3) is 0 Å². The number of rotatable bonds is 6. The van der Waals surface area contributed by atoms with Gasteiger partial charge in [-0.15, -0.1) is 0 Å². The maximum atomic E-state index is 12.3. The van der Waals surface area contributed by atoms with Crippen molar-refractivity contribution in [2.45, 2.75) is 11.4 Å². The molecule has 8 heteroatoms. The zero-order chi connectivity index (χ0) is 15.5. The van der Waals surface area contributed by atoms with Crippen LogP contribution in [0.5, 0.6) is 11.5 Å². The highest BCUT2D eigenvalue weighted by Crippen LogP contribution is 2.28. The quantitative estimate of drug-likeness (QED) is 0.868. The van der Waals surface area contributed by atoms with E-state index in [0.29, 0.717) is 11.5 Å². The number of hydrogen-bond acceptors (Lipinski definition) is 5. The highest BCUT2D eigenvalue weighted by molar-refractivity contribution is 7.89. The molecule has 0 saturated heterocycles. The Morgan fingerprint density at radius 2 is 1.95 bits per heavy atom. The Morgan fingerprint density at radius 1 is 1.24 bits per heavy atom. The SMILES string of the molecule is COc1ccc(CN(C)S(=O)(=O)c2cn[nH]c2)cc1OC. The fraction of sp³-hybridized carbons (Fsp3) is 0.308. The van der Waals surface area contributed by atoms with Gasteiger partial charge in [-0.1, -0.05) is 6.07 Å². The minimum Gasteiger partial charge on any atom is -0.493 e. The van der Waals surface area contributed by atoms with Gasteiger partial charge in [0.1, 0.15) is 4.90 Å². The van der Waals surface area contributed by atoms with Crippen LogP contribution >= 0.6 is 0 Å². The Morgan fingerprint density at radius 3 is 2.52 bits per heavy atom. The molecule has 0 saturated carbocycles. The van der Waals surface area contributed by atoms with E-state index < -0.39 is 10.0 Å². The molecule has 2 rings (SSSR count). The van der Waals surface area contributed by atoms with Gasteiger partial charge >= 0.3 is 0 Å². The van der Waals surface area contributed by atoms with Crippen molar-refractivity contribution in [3.63, 3.8) is 0 Å². The number of H-pyrrole nitrogens is 1. The number of nitrogens with zero attached hydrogens (tertiary/aromatic N) is 2. The second-order valence-corrected chi connectivity index (χ2v) is 6.43. The number of benzene rings is 1. The van der Waals surface area contributed by atoms with Crippen LogP contribution in [0.4, 0.5) is 0 Å². The van der Waals surface area contributed by atoms with E-state index in [2.05, 4.69) is 10.2 Å². The van der Waals surface area contributed by atoms with Crippen LogP contribution in [0, 0.1) is 0 Å². The third-order valence-electron chi connectivity index (χ3n) is 3.03. The first-order chi connectivity index (χ1) is 9.98. The third kappa shape index (κ3) is 3.17. The summed E-state index contributed by atoms with van der Waals surface area (Å²) in [6.45, 7) is 0.216. The van der Waals surface area contributed by atoms with Crippen molar-refractivity contribution < 1.29 is 17.9 Å². The zero-order valence-corrected chi connectivity index (χ0v) is 12.8. The predicted molar refractivity (Wildman–Crippen MR) is 76.8 cm³/mol. The normalized spacial score (nSPS) is 11.6. The molecule has 0 unspecified atom stereocenters. The van der Waals surface area contributed by atoms with E-state index in [1.807, 2.05) is 0 Å². The van der Waals surface area contributed by atoms with E-state index in [-0.39, 0.29) is 11.4 Å². The summed E-state index contributed by atoms with van der Waals surface area (Å²) >= 11 is 0. The van der Waals surface area contributed by atoms with Crippen LogP contribution in [0.1, 0.15) is 5.56 Å². The Labute approximate surface area is 123 Å². The molecule has 0 fully saturated rings. The van der Waals surface area contributed by atoms with E-state index in [1.165, 1.54) is 30.9 Å². The lowest BCUT2D eigenvalue weighted by Crippen LogP contribution is -2.26. The number of hydrogen-bond donors (Lipinski definition) is 1. The Kier molecular flexibility index (Phi) is 4.49. The predicted octanol–water partition coefficient (Wildman–Crippen LogP) is 1.25. The number of nitrogens with one attached hydrogen (secondary N) is 1. The summed E-state index contributed by atoms with van der Waals surface area (Å²) in [6.07, 6.45) is 2.63. The van der Waals surface area contributed by atoms with Crippen molar-refractivity contribution in [2.75, 3.05) is 21.3 Å². The maximum absolute atomic E-state index is 12.3. The van der Waals surface area contributed by atoms with Crippen molar-refractivity contribution in [1.29, 1.82) is 0 Å². The lowest BCUT2D eigenvalue weighted by molar-refractivity contribution is 0.354. The number of ether oxygens (including phenoxy) is 2. The molecular formula is C13H17N3O4S. The molecule has 1 aromatic carbocycles. The van der Waals surface area contributed by atoms with E-state index in [4.69, 9.17) is 9.47 Å². The van der Waals surface area contributed by atoms with Crippen LogP contribution in [-0.2, 0) is 16.6 Å². The molecular weight excluding hydrogens is 294 g/mol. The van der Waals surface area contributed by atoms with Gasteiger partial charge in [-0.2, -0.15) is 9.40 Å². The Hall–Kier alpha value is -2.06. The first-order valence-corrected chi connectivity index (χ1v) is 7.59. The van der Waals surface area contributed by atoms with Crippen LogP contribution in [0.3, 0.4) is 0 Å². The smallest absolute Gasteiger partial charge is 0.246 e. The van der Waals surface area contributed by atoms with Crippen molar-refractivity contribution in [3.8, 4) is 11.5 Å². The van der Waals surface area contributed by atoms with Crippen molar-refractivity contribution in [2.24, 2.45) is 0 Å². The molecule has 0 aliphatic rings. The lowest BCUT2D eigenvalue weighted by atomic mass is 10.2. The molecule has 1 N–H and O–H groups in total. The fourth-order valence-corrected chi connectivity index (χ4v) is 2.95. The highest BCUT2D eigenvalue weighted by atomic mass is 32.2. The number of methoxy groups -OCH3 is 2. The van der Waals surface area contributed by atoms with Gasteiger partial charge in [0.05, 0.1) is 20.4 Å². The van der Waals surface area contributed by atoms with Gasteiger partial charge in [-0.05, 0) is 17.7 Å². The molecule has 0 amide bonds. The minimum atomic E-state index is -3.56. The van der Waals surface area contributed by atoms with Gasteiger partial charge in [-0.3, -0.25) is 5.10 Å². The molecule has 2 aromatic rings. The molecule has 0 aliphatic carbocycles. The monoisotopic (exact) mass is 311 g/mol. The summed E-state index contributed by atoms with van der Waals surface area (Å²) < 4.78 is 36.2. The number of aromatic amines is 1. The summed E-state index contributed by atoms with van der Waals surface area (Å²) in [5.74, 6) is 1.16. The second-order valence-electron chi connectivity index (χ2n) is 4.38. The Balaban J connectivity index is 2.22. The van der Waals surface area contributed by atoms with Gasteiger partial charge in [0, 0.05) is 19.8 Å². The maximum Gasteiger partial charge on any atom is 0.246 e. The molecule has 0 bridgehead atoms. The largest absolute Gasteiger partial charge is 0.493 e. The lowest BCUT2D eigenvalue weighted by Gasteiger charge is -2.17. The van der Waals surface area contributed by atoms with E-state index in [0.717, 1.165) is 5.56 Å². The summed E-state index contributed by atoms with van der Waals surface area (Å²) in [7, 11) is 1.04. The van der Waals surface area contributed by atoms with Crippen molar-refractivity contribution >= 4 is 10.0 Å². The number of sulfonamides is 1. The first kappa shape index (κ1) is 15.3. The van der Waals surface area contributed by atoms with Crippen LogP contribution in [0.15, 0.2) is 35.5 Å². The fourth-order valence-electron chi connectivity index (χ4n) is 1.88. The molecule has 1 aromatic heterocycles. The van der Waals surface area contributed by atoms with Crippen LogP contribution in [0.25, 0.3) is 0 Å². The standard InChI is InChI=1S/C13H17N3O4S/c1-16(21(17,18)11-7-14-15-8-11)9-10-4-5-12(19-2)13(6-10)20-3/h4-8H,9H2,1-3H3,(H,14,15). The topological polar surface area (TPSA) is 84.5 Å². The van der Waals surface area contributed by atoms with E-state index in [9.17, 15) is 8.42 Å². The van der Waals surface area contributed by atoms with E-state index in [1.54, 1.807) is 25.3 Å². The molecule has 1 heterocycles. The van der Waals surface area contributed by atoms with Gasteiger partial charge < -0.3 is 9.47 Å². The molecule has 0 spiro atoms. The van der Waals surface area contributed by atoms with Gasteiger partial charge in [0.2, 0.25) is 10.0 Å². The first-order valence-electron chi connectivity index (χ1n) is 6.15. The average molecular weight is 311 g/mol. The van der Waals surface area contributed by atoms with Crippen LogP contribution in [-0.4, -0.2) is 44.2 Å². The summed E-state index contributed by atoms with van der Waals surface area (Å²) in [6, 6.07) is 5.29. The molecule has 0 atom stereocenters. The van der Waals surface area contributed by atoms with Gasteiger partial charge in [-0.25, -0.2) is 8.42 Å². The highest BCUT2D eigenvalue weighted by Gasteiger charge is 2.22.